The van der Waals surface area contributed by atoms with E-state index in [1.54, 1.807) is 5.57 Å². The molecule has 1 N–H and O–H groups in total. The molecule has 1 nitrogen and oxygen atoms in total. The molecule has 2 bridgehead atoms. The van der Waals surface area contributed by atoms with Crippen LogP contribution in [0.15, 0.2) is 23.8 Å². The molecule has 0 aromatic rings. The first-order valence-corrected chi connectivity index (χ1v) is 6.72. The first-order valence-electron chi connectivity index (χ1n) is 6.72. The second kappa shape index (κ2) is 3.73. The van der Waals surface area contributed by atoms with Crippen molar-refractivity contribution in [2.24, 2.45) is 29.6 Å². The van der Waals surface area contributed by atoms with Crippen molar-refractivity contribution >= 4 is 0 Å². The third-order valence-electron chi connectivity index (χ3n) is 5.10. The Balaban J connectivity index is 1.79. The number of hydrogen-bond acceptors (Lipinski definition) is 1. The molecule has 0 aromatic heterocycles. The highest BCUT2D eigenvalue weighted by atomic mass is 16.3. The molecule has 0 amide bonds. The molecule has 2 fully saturated rings. The minimum absolute atomic E-state index is 0.207. The number of allylic oxidation sites excluding steroid dienone is 3. The van der Waals surface area contributed by atoms with Crippen molar-refractivity contribution in [3.05, 3.63) is 23.8 Å². The second-order valence-electron chi connectivity index (χ2n) is 6.05. The Morgan fingerprint density at radius 1 is 1.44 bits per heavy atom. The van der Waals surface area contributed by atoms with Gasteiger partial charge in [-0.3, -0.25) is 0 Å². The van der Waals surface area contributed by atoms with Crippen LogP contribution in [0.2, 0.25) is 0 Å². The fraction of sp³-hybridized carbons (Fsp3) is 0.733. The highest BCUT2D eigenvalue weighted by Crippen LogP contribution is 2.58. The highest BCUT2D eigenvalue weighted by molar-refractivity contribution is 5.27. The molecule has 6 atom stereocenters. The summed E-state index contributed by atoms with van der Waals surface area (Å²) in [5.41, 5.74) is 1.64. The monoisotopic (exact) mass is 218 g/mol. The molecule has 16 heavy (non-hydrogen) atoms. The van der Waals surface area contributed by atoms with E-state index < -0.39 is 0 Å². The molecular formula is C15H22O. The Bertz CT molecular complexity index is 339. The summed E-state index contributed by atoms with van der Waals surface area (Å²) in [5, 5.41) is 9.58. The fourth-order valence-corrected chi connectivity index (χ4v) is 4.05. The number of aliphatic hydroxyl groups excluding tert-OH is 1. The van der Waals surface area contributed by atoms with Crippen molar-refractivity contribution in [1.29, 1.82) is 0 Å². The van der Waals surface area contributed by atoms with Gasteiger partial charge in [-0.15, -0.1) is 0 Å². The summed E-state index contributed by atoms with van der Waals surface area (Å²) in [6.45, 7) is 4.03. The largest absolute Gasteiger partial charge is 0.393 e. The van der Waals surface area contributed by atoms with Gasteiger partial charge in [0.1, 0.15) is 0 Å². The van der Waals surface area contributed by atoms with Crippen LogP contribution < -0.4 is 0 Å². The van der Waals surface area contributed by atoms with Crippen LogP contribution in [0.1, 0.15) is 33.1 Å². The quantitative estimate of drug-likeness (QED) is 0.706. The molecule has 1 heteroatoms. The first-order chi connectivity index (χ1) is 7.66. The Morgan fingerprint density at radius 2 is 2.25 bits per heavy atom. The number of rotatable bonds is 2. The van der Waals surface area contributed by atoms with Gasteiger partial charge in [0.2, 0.25) is 0 Å². The molecule has 0 unspecified atom stereocenters. The van der Waals surface area contributed by atoms with Gasteiger partial charge in [0.15, 0.2) is 0 Å². The van der Waals surface area contributed by atoms with E-state index in [9.17, 15) is 5.11 Å². The Hall–Kier alpha value is -0.560. The normalized spacial score (nSPS) is 46.3. The van der Waals surface area contributed by atoms with Gasteiger partial charge < -0.3 is 5.11 Å². The summed E-state index contributed by atoms with van der Waals surface area (Å²) in [4.78, 5) is 0. The lowest BCUT2D eigenvalue weighted by atomic mass is 9.78. The van der Waals surface area contributed by atoms with Gasteiger partial charge in [-0.05, 0) is 55.8 Å². The smallest absolute Gasteiger partial charge is 0.0572 e. The molecule has 0 radical (unpaired) electrons. The average molecular weight is 218 g/mol. The molecule has 3 rings (SSSR count). The molecule has 0 aromatic carbocycles. The Kier molecular flexibility index (Phi) is 2.47. The van der Waals surface area contributed by atoms with Gasteiger partial charge in [-0.25, -0.2) is 0 Å². The van der Waals surface area contributed by atoms with Gasteiger partial charge in [-0.1, -0.05) is 30.7 Å². The summed E-state index contributed by atoms with van der Waals surface area (Å²) in [6, 6.07) is 0. The van der Waals surface area contributed by atoms with E-state index in [0.717, 1.165) is 23.7 Å². The van der Waals surface area contributed by atoms with Crippen molar-refractivity contribution in [3.63, 3.8) is 0 Å². The van der Waals surface area contributed by atoms with Crippen LogP contribution >= 0.6 is 0 Å². The molecular weight excluding hydrogens is 196 g/mol. The predicted octanol–water partition coefficient (Wildman–Crippen LogP) is 3.16. The summed E-state index contributed by atoms with van der Waals surface area (Å²) < 4.78 is 0. The zero-order chi connectivity index (χ0) is 11.3. The van der Waals surface area contributed by atoms with Crippen LogP contribution in [0.3, 0.4) is 0 Å². The van der Waals surface area contributed by atoms with Gasteiger partial charge in [0.25, 0.3) is 0 Å². The van der Waals surface area contributed by atoms with E-state index in [1.807, 2.05) is 6.92 Å². The van der Waals surface area contributed by atoms with Crippen LogP contribution in [-0.4, -0.2) is 11.2 Å². The lowest BCUT2D eigenvalue weighted by Crippen LogP contribution is -2.20. The Labute approximate surface area is 98.2 Å². The van der Waals surface area contributed by atoms with Crippen molar-refractivity contribution in [1.82, 2.24) is 0 Å². The van der Waals surface area contributed by atoms with E-state index in [1.165, 1.54) is 19.3 Å². The van der Waals surface area contributed by atoms with Crippen LogP contribution in [0, 0.1) is 29.6 Å². The number of aliphatic hydroxyl groups is 1. The maximum Gasteiger partial charge on any atom is 0.0572 e. The Morgan fingerprint density at radius 3 is 3.00 bits per heavy atom. The van der Waals surface area contributed by atoms with E-state index >= 15 is 0 Å². The molecule has 0 aliphatic heterocycles. The lowest BCUT2D eigenvalue weighted by molar-refractivity contribution is 0.156. The van der Waals surface area contributed by atoms with Gasteiger partial charge in [0.05, 0.1) is 6.10 Å². The molecule has 3 aliphatic carbocycles. The van der Waals surface area contributed by atoms with Crippen molar-refractivity contribution in [2.75, 3.05) is 0 Å². The van der Waals surface area contributed by atoms with Crippen LogP contribution in [0.5, 0.6) is 0 Å². The molecule has 3 aliphatic rings. The average Bonchev–Trinajstić information content (AvgIpc) is 2.87. The lowest BCUT2D eigenvalue weighted by Gasteiger charge is -2.27. The van der Waals surface area contributed by atoms with Crippen LogP contribution in [-0.2, 0) is 0 Å². The highest BCUT2D eigenvalue weighted by Gasteiger charge is 2.49. The third kappa shape index (κ3) is 1.48. The predicted molar refractivity (Wildman–Crippen MR) is 65.9 cm³/mol. The molecule has 0 heterocycles. The molecule has 2 saturated carbocycles. The molecule has 0 saturated heterocycles. The van der Waals surface area contributed by atoms with Gasteiger partial charge in [-0.2, -0.15) is 0 Å². The fourth-order valence-electron chi connectivity index (χ4n) is 4.05. The van der Waals surface area contributed by atoms with Crippen LogP contribution in [0.4, 0.5) is 0 Å². The topological polar surface area (TPSA) is 20.2 Å². The maximum atomic E-state index is 9.58. The summed E-state index contributed by atoms with van der Waals surface area (Å²) in [5.74, 6) is 3.88. The standard InChI is InChI=1S/C15H22O/c1-9(10(2)16)6-11-7-12-8-15(11)14-5-3-4-13(12)14/h3,5-6,9-10,12-16H,4,7-8H2,1-2H3/b11-6+/t9-,10-,12+,13-,14-,15+/m0/s1. The minimum atomic E-state index is -0.207. The van der Waals surface area contributed by atoms with Gasteiger partial charge in [0, 0.05) is 0 Å². The van der Waals surface area contributed by atoms with Crippen LogP contribution in [0.25, 0.3) is 0 Å². The first kappa shape index (κ1) is 10.6. The van der Waals surface area contributed by atoms with E-state index in [2.05, 4.69) is 25.2 Å². The van der Waals surface area contributed by atoms with E-state index in [0.29, 0.717) is 5.92 Å². The zero-order valence-corrected chi connectivity index (χ0v) is 10.3. The SMILES string of the molecule is C[C@H](O)[C@@H](C)/C=C1\C[C@@H]2C[C@H]1[C@H]1C=CC[C@@H]21. The molecule has 88 valence electrons. The summed E-state index contributed by atoms with van der Waals surface area (Å²) in [6.07, 6.45) is 11.0. The van der Waals surface area contributed by atoms with E-state index in [4.69, 9.17) is 0 Å². The van der Waals surface area contributed by atoms with Crippen molar-refractivity contribution in [3.8, 4) is 0 Å². The van der Waals surface area contributed by atoms with Crippen molar-refractivity contribution in [2.45, 2.75) is 39.2 Å². The minimum Gasteiger partial charge on any atom is -0.393 e. The van der Waals surface area contributed by atoms with E-state index in [-0.39, 0.29) is 6.10 Å². The summed E-state index contributed by atoms with van der Waals surface area (Å²) in [7, 11) is 0. The maximum absolute atomic E-state index is 9.58. The third-order valence-corrected chi connectivity index (χ3v) is 5.10. The van der Waals surface area contributed by atoms with Gasteiger partial charge >= 0.3 is 0 Å². The second-order valence-corrected chi connectivity index (χ2v) is 6.05. The zero-order valence-electron chi connectivity index (χ0n) is 10.3. The summed E-state index contributed by atoms with van der Waals surface area (Å²) >= 11 is 0. The number of fused-ring (bicyclic) bond motifs is 5. The number of hydrogen-bond donors (Lipinski definition) is 1. The molecule has 0 spiro atoms. The van der Waals surface area contributed by atoms with Crippen molar-refractivity contribution < 1.29 is 5.11 Å².